The number of carbonyl (C=O) groups excluding carboxylic acids is 1. The van der Waals surface area contributed by atoms with Gasteiger partial charge >= 0.3 is 5.97 Å². The van der Waals surface area contributed by atoms with E-state index in [1.54, 1.807) is 11.8 Å². The van der Waals surface area contributed by atoms with Crippen LogP contribution in [0.1, 0.15) is 32.6 Å². The lowest BCUT2D eigenvalue weighted by atomic mass is 9.90. The highest BCUT2D eigenvalue weighted by Gasteiger charge is 2.59. The Hall–Kier alpha value is -0.710. The number of aliphatic carboxylic acids is 1. The molecular weight excluding hydrogens is 250 g/mol. The van der Waals surface area contributed by atoms with Gasteiger partial charge in [0.05, 0.1) is 5.92 Å². The molecule has 0 bridgehead atoms. The van der Waals surface area contributed by atoms with Crippen molar-refractivity contribution in [1.82, 2.24) is 4.90 Å². The van der Waals surface area contributed by atoms with E-state index in [-0.39, 0.29) is 17.2 Å². The first-order valence-electron chi connectivity index (χ1n) is 6.52. The third kappa shape index (κ3) is 2.66. The largest absolute Gasteiger partial charge is 0.481 e. The zero-order valence-electron chi connectivity index (χ0n) is 11.0. The number of nitrogens with zero attached hydrogens (tertiary/aromatic N) is 1. The van der Waals surface area contributed by atoms with Gasteiger partial charge in [0, 0.05) is 24.8 Å². The number of piperidine rings is 1. The molecular formula is C13H21NO3S. The number of rotatable bonds is 4. The van der Waals surface area contributed by atoms with Crippen molar-refractivity contribution < 1.29 is 14.7 Å². The molecule has 1 heterocycles. The maximum atomic E-state index is 12.0. The van der Waals surface area contributed by atoms with Gasteiger partial charge in [-0.2, -0.15) is 11.8 Å². The van der Waals surface area contributed by atoms with Crippen molar-refractivity contribution in [2.24, 2.45) is 11.3 Å². The monoisotopic (exact) mass is 271 g/mol. The van der Waals surface area contributed by atoms with Gasteiger partial charge < -0.3 is 10.0 Å². The molecule has 0 aromatic heterocycles. The Morgan fingerprint density at radius 1 is 1.44 bits per heavy atom. The van der Waals surface area contributed by atoms with E-state index in [2.05, 4.69) is 6.92 Å². The standard InChI is InChI=1S/C13H21NO3S/c1-9(18-2)7-11(15)14-5-3-13(4-6-14)8-10(13)12(16)17/h9-10H,3-8H2,1-2H3,(H,16,17). The van der Waals surface area contributed by atoms with Crippen LogP contribution in [0.3, 0.4) is 0 Å². The fourth-order valence-electron chi connectivity index (χ4n) is 2.91. The molecule has 2 atom stereocenters. The van der Waals surface area contributed by atoms with Gasteiger partial charge in [-0.25, -0.2) is 0 Å². The topological polar surface area (TPSA) is 57.6 Å². The van der Waals surface area contributed by atoms with Gasteiger partial charge in [0.15, 0.2) is 0 Å². The van der Waals surface area contributed by atoms with Crippen LogP contribution in [0.5, 0.6) is 0 Å². The minimum absolute atomic E-state index is 0.0216. The van der Waals surface area contributed by atoms with E-state index in [9.17, 15) is 9.59 Å². The number of likely N-dealkylation sites (tertiary alicyclic amines) is 1. The fraction of sp³-hybridized carbons (Fsp3) is 0.846. The van der Waals surface area contributed by atoms with Gasteiger partial charge in [-0.05, 0) is 30.9 Å². The second-order valence-corrected chi connectivity index (χ2v) is 6.86. The zero-order valence-corrected chi connectivity index (χ0v) is 11.8. The lowest BCUT2D eigenvalue weighted by Crippen LogP contribution is -2.40. The summed E-state index contributed by atoms with van der Waals surface area (Å²) in [4.78, 5) is 24.9. The summed E-state index contributed by atoms with van der Waals surface area (Å²) < 4.78 is 0. The summed E-state index contributed by atoms with van der Waals surface area (Å²) in [6, 6.07) is 0. The fourth-order valence-corrected chi connectivity index (χ4v) is 3.22. The molecule has 1 aliphatic carbocycles. The maximum Gasteiger partial charge on any atom is 0.307 e. The third-order valence-corrected chi connectivity index (χ3v) is 5.44. The molecule has 1 saturated heterocycles. The van der Waals surface area contributed by atoms with Crippen molar-refractivity contribution in [1.29, 1.82) is 0 Å². The highest BCUT2D eigenvalue weighted by atomic mass is 32.2. The van der Waals surface area contributed by atoms with Crippen molar-refractivity contribution >= 4 is 23.6 Å². The molecule has 1 amide bonds. The molecule has 0 radical (unpaired) electrons. The summed E-state index contributed by atoms with van der Waals surface area (Å²) in [5.74, 6) is -0.593. The average Bonchev–Trinajstić information content (AvgIpc) is 3.04. The van der Waals surface area contributed by atoms with Crippen molar-refractivity contribution in [3.8, 4) is 0 Å². The number of hydrogen-bond acceptors (Lipinski definition) is 3. The minimum Gasteiger partial charge on any atom is -0.481 e. The number of carbonyl (C=O) groups is 2. The molecule has 102 valence electrons. The van der Waals surface area contributed by atoms with Crippen LogP contribution in [0, 0.1) is 11.3 Å². The Balaban J connectivity index is 1.81. The molecule has 0 aromatic carbocycles. The zero-order chi connectivity index (χ0) is 13.3. The summed E-state index contributed by atoms with van der Waals surface area (Å²) in [6.07, 6.45) is 5.15. The molecule has 1 aliphatic heterocycles. The van der Waals surface area contributed by atoms with Crippen LogP contribution in [0.4, 0.5) is 0 Å². The van der Waals surface area contributed by atoms with E-state index in [0.717, 1.165) is 32.4 Å². The first-order chi connectivity index (χ1) is 8.48. The Bertz CT molecular complexity index is 350. The molecule has 18 heavy (non-hydrogen) atoms. The number of carboxylic acids is 1. The van der Waals surface area contributed by atoms with Gasteiger partial charge in [-0.15, -0.1) is 0 Å². The van der Waals surface area contributed by atoms with Crippen molar-refractivity contribution in [2.45, 2.75) is 37.9 Å². The van der Waals surface area contributed by atoms with E-state index >= 15 is 0 Å². The molecule has 1 saturated carbocycles. The lowest BCUT2D eigenvalue weighted by Gasteiger charge is -2.33. The molecule has 1 N–H and O–H groups in total. The van der Waals surface area contributed by atoms with E-state index in [4.69, 9.17) is 5.11 Å². The van der Waals surface area contributed by atoms with Crippen LogP contribution < -0.4 is 0 Å². The molecule has 4 nitrogen and oxygen atoms in total. The summed E-state index contributed by atoms with van der Waals surface area (Å²) >= 11 is 1.71. The number of carboxylic acid groups (broad SMARTS) is 1. The van der Waals surface area contributed by atoms with Crippen LogP contribution in [0.2, 0.25) is 0 Å². The molecule has 2 aliphatic rings. The molecule has 2 fully saturated rings. The SMILES string of the molecule is CSC(C)CC(=O)N1CCC2(CC1)CC2C(=O)O. The molecule has 5 heteroatoms. The average molecular weight is 271 g/mol. The van der Waals surface area contributed by atoms with Gasteiger partial charge in [-0.1, -0.05) is 6.92 Å². The van der Waals surface area contributed by atoms with Crippen molar-refractivity contribution in [2.75, 3.05) is 19.3 Å². The minimum atomic E-state index is -0.661. The first kappa shape index (κ1) is 13.7. The van der Waals surface area contributed by atoms with Crippen molar-refractivity contribution in [3.05, 3.63) is 0 Å². The Labute approximate surface area is 112 Å². The second kappa shape index (κ2) is 5.11. The van der Waals surface area contributed by atoms with Crippen LogP contribution in [-0.2, 0) is 9.59 Å². The van der Waals surface area contributed by atoms with E-state index in [1.807, 2.05) is 11.2 Å². The van der Waals surface area contributed by atoms with Gasteiger partial charge in [-0.3, -0.25) is 9.59 Å². The second-order valence-electron chi connectivity index (χ2n) is 5.59. The summed E-state index contributed by atoms with van der Waals surface area (Å²) in [5.41, 5.74) is 0.0216. The number of hydrogen-bond donors (Lipinski definition) is 1. The highest BCUT2D eigenvalue weighted by Crippen LogP contribution is 2.59. The van der Waals surface area contributed by atoms with Gasteiger partial charge in [0.2, 0.25) is 5.91 Å². The quantitative estimate of drug-likeness (QED) is 0.847. The number of amides is 1. The van der Waals surface area contributed by atoms with E-state index < -0.39 is 5.97 Å². The summed E-state index contributed by atoms with van der Waals surface area (Å²) in [6.45, 7) is 3.54. The molecule has 0 aromatic rings. The van der Waals surface area contributed by atoms with E-state index in [1.165, 1.54) is 0 Å². The lowest BCUT2D eigenvalue weighted by molar-refractivity contribution is -0.139. The van der Waals surface area contributed by atoms with Crippen LogP contribution in [0.15, 0.2) is 0 Å². The molecule has 2 rings (SSSR count). The van der Waals surface area contributed by atoms with Crippen molar-refractivity contribution in [3.63, 3.8) is 0 Å². The Morgan fingerprint density at radius 2 is 2.06 bits per heavy atom. The highest BCUT2D eigenvalue weighted by molar-refractivity contribution is 7.99. The Kier molecular flexibility index (Phi) is 3.90. The first-order valence-corrected chi connectivity index (χ1v) is 7.81. The third-order valence-electron chi connectivity index (χ3n) is 4.46. The maximum absolute atomic E-state index is 12.0. The van der Waals surface area contributed by atoms with Crippen LogP contribution in [0.25, 0.3) is 0 Å². The van der Waals surface area contributed by atoms with E-state index in [0.29, 0.717) is 11.7 Å². The molecule has 2 unspecified atom stereocenters. The molecule has 1 spiro atoms. The summed E-state index contributed by atoms with van der Waals surface area (Å²) in [7, 11) is 0. The van der Waals surface area contributed by atoms with Crippen LogP contribution >= 0.6 is 11.8 Å². The smallest absolute Gasteiger partial charge is 0.307 e. The number of thioether (sulfide) groups is 1. The Morgan fingerprint density at radius 3 is 2.50 bits per heavy atom. The van der Waals surface area contributed by atoms with Gasteiger partial charge in [0.25, 0.3) is 0 Å². The normalized spacial score (nSPS) is 27.0. The summed E-state index contributed by atoms with van der Waals surface area (Å²) in [5, 5.41) is 9.38. The van der Waals surface area contributed by atoms with Crippen LogP contribution in [-0.4, -0.2) is 46.5 Å². The van der Waals surface area contributed by atoms with Gasteiger partial charge in [0.1, 0.15) is 0 Å². The predicted octanol–water partition coefficient (Wildman–Crippen LogP) is 1.84. The predicted molar refractivity (Wildman–Crippen MR) is 71.6 cm³/mol.